The van der Waals surface area contributed by atoms with Crippen LogP contribution in [-0.4, -0.2) is 22.3 Å². The van der Waals surface area contributed by atoms with Gasteiger partial charge in [0, 0.05) is 25.5 Å². The van der Waals surface area contributed by atoms with Gasteiger partial charge in [-0.05, 0) is 6.42 Å². The van der Waals surface area contributed by atoms with Gasteiger partial charge in [-0.2, -0.15) is 13.2 Å². The first-order valence-electron chi connectivity index (χ1n) is 5.30. The number of nitrogens with one attached hydrogen (secondary N) is 1. The second-order valence-corrected chi connectivity index (χ2v) is 3.58. The van der Waals surface area contributed by atoms with Crippen molar-refractivity contribution in [3.05, 3.63) is 18.2 Å². The van der Waals surface area contributed by atoms with Crippen LogP contribution in [0.1, 0.15) is 25.6 Å². The fraction of sp³-hybridized carbons (Fsp3) is 0.700. The maximum atomic E-state index is 11.9. The zero-order chi connectivity index (χ0) is 12.0. The average Bonchev–Trinajstić information content (AvgIpc) is 2.60. The number of halogens is 3. The summed E-state index contributed by atoms with van der Waals surface area (Å²) < 4.78 is 37.5. The highest BCUT2D eigenvalue weighted by Crippen LogP contribution is 2.18. The van der Waals surface area contributed by atoms with Gasteiger partial charge in [0.2, 0.25) is 0 Å². The normalized spacial score (nSPS) is 12.0. The van der Waals surface area contributed by atoms with Crippen LogP contribution in [0.4, 0.5) is 13.2 Å². The molecule has 92 valence electrons. The molecule has 0 unspecified atom stereocenters. The van der Waals surface area contributed by atoms with E-state index < -0.39 is 12.6 Å². The van der Waals surface area contributed by atoms with E-state index in [2.05, 4.69) is 10.3 Å². The molecule has 3 nitrogen and oxygen atoms in total. The number of imidazole rings is 1. The van der Waals surface area contributed by atoms with E-state index >= 15 is 0 Å². The molecular formula is C10H16F3N3. The number of nitrogens with zero attached hydrogens (tertiary/aromatic N) is 2. The van der Waals surface area contributed by atoms with E-state index in [4.69, 9.17) is 0 Å². The largest absolute Gasteiger partial charge is 0.390 e. The van der Waals surface area contributed by atoms with Crippen LogP contribution in [0.15, 0.2) is 12.4 Å². The van der Waals surface area contributed by atoms with Crippen molar-refractivity contribution in [3.8, 4) is 0 Å². The molecule has 0 fully saturated rings. The quantitative estimate of drug-likeness (QED) is 0.767. The lowest BCUT2D eigenvalue weighted by Gasteiger charge is -2.09. The number of hydrogen-bond donors (Lipinski definition) is 1. The summed E-state index contributed by atoms with van der Waals surface area (Å²) in [7, 11) is 0. The van der Waals surface area contributed by atoms with Gasteiger partial charge in [-0.3, -0.25) is 0 Å². The molecule has 1 aromatic rings. The highest BCUT2D eigenvalue weighted by atomic mass is 19.4. The lowest BCUT2D eigenvalue weighted by Crippen LogP contribution is -2.23. The summed E-state index contributed by atoms with van der Waals surface area (Å²) in [5.41, 5.74) is 0. The van der Waals surface area contributed by atoms with Gasteiger partial charge in [-0.1, -0.05) is 6.92 Å². The number of alkyl halides is 3. The van der Waals surface area contributed by atoms with Gasteiger partial charge in [0.25, 0.3) is 0 Å². The topological polar surface area (TPSA) is 29.9 Å². The van der Waals surface area contributed by atoms with Crippen LogP contribution in [0.5, 0.6) is 0 Å². The predicted molar refractivity (Wildman–Crippen MR) is 54.9 cm³/mol. The third kappa shape index (κ3) is 4.65. The summed E-state index contributed by atoms with van der Waals surface area (Å²) in [5.74, 6) is 0.782. The van der Waals surface area contributed by atoms with E-state index in [1.165, 1.54) is 0 Å². The first-order chi connectivity index (χ1) is 7.53. The van der Waals surface area contributed by atoms with Crippen molar-refractivity contribution in [1.82, 2.24) is 14.9 Å². The Bertz CT molecular complexity index is 307. The van der Waals surface area contributed by atoms with Gasteiger partial charge in [0.05, 0.1) is 13.0 Å². The first kappa shape index (κ1) is 13.0. The van der Waals surface area contributed by atoms with Crippen molar-refractivity contribution < 1.29 is 13.2 Å². The third-order valence-corrected chi connectivity index (χ3v) is 2.13. The fourth-order valence-electron chi connectivity index (χ4n) is 1.38. The van der Waals surface area contributed by atoms with Crippen molar-refractivity contribution in [2.45, 2.75) is 39.0 Å². The van der Waals surface area contributed by atoms with Crippen LogP contribution < -0.4 is 5.32 Å². The van der Waals surface area contributed by atoms with Crippen LogP contribution in [0.3, 0.4) is 0 Å². The highest BCUT2D eigenvalue weighted by molar-refractivity contribution is 4.91. The van der Waals surface area contributed by atoms with Gasteiger partial charge in [-0.25, -0.2) is 4.98 Å². The summed E-state index contributed by atoms with van der Waals surface area (Å²) in [5, 5.41) is 2.74. The van der Waals surface area contributed by atoms with Crippen LogP contribution in [0.25, 0.3) is 0 Å². The maximum Gasteiger partial charge on any atom is 0.390 e. The Hall–Kier alpha value is -1.04. The van der Waals surface area contributed by atoms with Gasteiger partial charge in [0.15, 0.2) is 0 Å². The monoisotopic (exact) mass is 235 g/mol. The molecule has 1 rings (SSSR count). The second kappa shape index (κ2) is 5.89. The molecule has 16 heavy (non-hydrogen) atoms. The molecule has 0 radical (unpaired) electrons. The number of aromatic nitrogens is 2. The summed E-state index contributed by atoms with van der Waals surface area (Å²) in [6.07, 6.45) is -0.417. The Morgan fingerprint density at radius 3 is 2.81 bits per heavy atom. The van der Waals surface area contributed by atoms with Gasteiger partial charge < -0.3 is 9.88 Å². The van der Waals surface area contributed by atoms with Crippen molar-refractivity contribution in [2.75, 3.05) is 6.54 Å². The molecule has 0 atom stereocenters. The molecule has 0 aromatic carbocycles. The molecule has 1 N–H and O–H groups in total. The summed E-state index contributed by atoms with van der Waals surface area (Å²) in [6.45, 7) is 3.20. The molecule has 6 heteroatoms. The molecule has 0 spiro atoms. The van der Waals surface area contributed by atoms with E-state index in [-0.39, 0.29) is 6.54 Å². The van der Waals surface area contributed by atoms with Crippen LogP contribution in [0, 0.1) is 0 Å². The Kier molecular flexibility index (Phi) is 4.79. The molecule has 0 saturated carbocycles. The molecule has 0 amide bonds. The molecule has 0 aliphatic carbocycles. The smallest absolute Gasteiger partial charge is 0.334 e. The summed E-state index contributed by atoms with van der Waals surface area (Å²) in [4.78, 5) is 4.09. The van der Waals surface area contributed by atoms with E-state index in [0.29, 0.717) is 6.54 Å². The van der Waals surface area contributed by atoms with Gasteiger partial charge in [-0.15, -0.1) is 0 Å². The SMILES string of the molecule is CCCn1ccnc1CNCCC(F)(F)F. The molecule has 0 aliphatic rings. The highest BCUT2D eigenvalue weighted by Gasteiger charge is 2.25. The van der Waals surface area contributed by atoms with Crippen LogP contribution in [0.2, 0.25) is 0 Å². The Morgan fingerprint density at radius 1 is 1.44 bits per heavy atom. The van der Waals surface area contributed by atoms with Gasteiger partial charge in [0.1, 0.15) is 5.82 Å². The standard InChI is InChI=1S/C10H16F3N3/c1-2-6-16-7-5-15-9(16)8-14-4-3-10(11,12)13/h5,7,14H,2-4,6,8H2,1H3. The molecule has 0 saturated heterocycles. The summed E-state index contributed by atoms with van der Waals surface area (Å²) in [6, 6.07) is 0. The average molecular weight is 235 g/mol. The van der Waals surface area contributed by atoms with Crippen LogP contribution in [-0.2, 0) is 13.1 Å². The fourth-order valence-corrected chi connectivity index (χ4v) is 1.38. The Labute approximate surface area is 92.7 Å². The molecule has 1 aromatic heterocycles. The van der Waals surface area contributed by atoms with Crippen molar-refractivity contribution in [3.63, 3.8) is 0 Å². The number of hydrogen-bond acceptors (Lipinski definition) is 2. The molecule has 0 bridgehead atoms. The number of aryl methyl sites for hydroxylation is 1. The third-order valence-electron chi connectivity index (χ3n) is 2.13. The molecular weight excluding hydrogens is 219 g/mol. The Morgan fingerprint density at radius 2 is 2.19 bits per heavy atom. The first-order valence-corrected chi connectivity index (χ1v) is 5.30. The zero-order valence-electron chi connectivity index (χ0n) is 9.22. The number of rotatable bonds is 6. The second-order valence-electron chi connectivity index (χ2n) is 3.58. The van der Waals surface area contributed by atoms with E-state index in [1.807, 2.05) is 17.7 Å². The zero-order valence-corrected chi connectivity index (χ0v) is 9.22. The minimum absolute atomic E-state index is 0.0670. The van der Waals surface area contributed by atoms with Crippen molar-refractivity contribution in [2.24, 2.45) is 0 Å². The maximum absolute atomic E-state index is 11.9. The molecule has 1 heterocycles. The predicted octanol–water partition coefficient (Wildman–Crippen LogP) is 2.34. The molecule has 0 aliphatic heterocycles. The minimum Gasteiger partial charge on any atom is -0.334 e. The summed E-state index contributed by atoms with van der Waals surface area (Å²) >= 11 is 0. The minimum atomic E-state index is -4.09. The van der Waals surface area contributed by atoms with E-state index in [0.717, 1.165) is 18.8 Å². The van der Waals surface area contributed by atoms with E-state index in [1.54, 1.807) is 6.20 Å². The van der Waals surface area contributed by atoms with Gasteiger partial charge >= 0.3 is 6.18 Å². The van der Waals surface area contributed by atoms with E-state index in [9.17, 15) is 13.2 Å². The van der Waals surface area contributed by atoms with Crippen molar-refractivity contribution in [1.29, 1.82) is 0 Å². The van der Waals surface area contributed by atoms with Crippen molar-refractivity contribution >= 4 is 0 Å². The van der Waals surface area contributed by atoms with Crippen LogP contribution >= 0.6 is 0 Å². The lowest BCUT2D eigenvalue weighted by molar-refractivity contribution is -0.133. The Balaban J connectivity index is 2.29. The lowest BCUT2D eigenvalue weighted by atomic mass is 10.4.